The van der Waals surface area contributed by atoms with Crippen LogP contribution in [0.2, 0.25) is 0 Å². The molecule has 2 atom stereocenters. The SMILES string of the molecule is CCCNC(CO)CCN1CCOC(C)C1. The molecule has 0 saturated carbocycles. The normalized spacial score (nSPS) is 24.6. The van der Waals surface area contributed by atoms with Crippen molar-refractivity contribution in [1.29, 1.82) is 0 Å². The summed E-state index contributed by atoms with van der Waals surface area (Å²) in [7, 11) is 0. The monoisotopic (exact) mass is 230 g/mol. The fourth-order valence-corrected chi connectivity index (χ4v) is 2.04. The van der Waals surface area contributed by atoms with Crippen LogP contribution in [0.15, 0.2) is 0 Å². The molecule has 4 heteroatoms. The molecule has 1 heterocycles. The Morgan fingerprint density at radius 2 is 2.38 bits per heavy atom. The molecule has 0 spiro atoms. The van der Waals surface area contributed by atoms with E-state index in [0.717, 1.165) is 45.6 Å². The summed E-state index contributed by atoms with van der Waals surface area (Å²) in [6, 6.07) is 0.248. The van der Waals surface area contributed by atoms with Crippen LogP contribution >= 0.6 is 0 Å². The fraction of sp³-hybridized carbons (Fsp3) is 1.00. The molecule has 0 aliphatic carbocycles. The number of aliphatic hydroxyl groups excluding tert-OH is 1. The minimum atomic E-state index is 0.236. The second kappa shape index (κ2) is 8.01. The van der Waals surface area contributed by atoms with Gasteiger partial charge in [0, 0.05) is 19.1 Å². The summed E-state index contributed by atoms with van der Waals surface area (Å²) in [6.45, 7) is 9.42. The van der Waals surface area contributed by atoms with Gasteiger partial charge in [-0.15, -0.1) is 0 Å². The summed E-state index contributed by atoms with van der Waals surface area (Å²) in [6.07, 6.45) is 2.49. The van der Waals surface area contributed by atoms with Gasteiger partial charge in [-0.1, -0.05) is 6.92 Å². The molecule has 96 valence electrons. The highest BCUT2D eigenvalue weighted by Gasteiger charge is 2.17. The van der Waals surface area contributed by atoms with Crippen molar-refractivity contribution in [2.75, 3.05) is 39.4 Å². The van der Waals surface area contributed by atoms with Crippen molar-refractivity contribution in [1.82, 2.24) is 10.2 Å². The lowest BCUT2D eigenvalue weighted by atomic mass is 10.2. The molecule has 2 N–H and O–H groups in total. The number of aliphatic hydroxyl groups is 1. The Bertz CT molecular complexity index is 178. The van der Waals surface area contributed by atoms with E-state index in [4.69, 9.17) is 4.74 Å². The Labute approximate surface area is 99.0 Å². The maximum absolute atomic E-state index is 9.23. The van der Waals surface area contributed by atoms with Crippen LogP contribution in [0.25, 0.3) is 0 Å². The average molecular weight is 230 g/mol. The maximum atomic E-state index is 9.23. The van der Waals surface area contributed by atoms with E-state index in [1.54, 1.807) is 0 Å². The van der Waals surface area contributed by atoms with Crippen molar-refractivity contribution in [3.8, 4) is 0 Å². The zero-order chi connectivity index (χ0) is 11.8. The molecule has 0 aromatic heterocycles. The topological polar surface area (TPSA) is 44.7 Å². The highest BCUT2D eigenvalue weighted by atomic mass is 16.5. The molecule has 0 amide bonds. The van der Waals surface area contributed by atoms with Gasteiger partial charge in [0.05, 0.1) is 19.3 Å². The fourth-order valence-electron chi connectivity index (χ4n) is 2.04. The van der Waals surface area contributed by atoms with Crippen LogP contribution in [0.4, 0.5) is 0 Å². The molecule has 1 aliphatic rings. The van der Waals surface area contributed by atoms with E-state index in [-0.39, 0.29) is 12.6 Å². The van der Waals surface area contributed by atoms with Crippen LogP contribution in [-0.4, -0.2) is 61.5 Å². The van der Waals surface area contributed by atoms with Crippen molar-refractivity contribution in [3.05, 3.63) is 0 Å². The molecule has 1 rings (SSSR count). The van der Waals surface area contributed by atoms with E-state index in [0.29, 0.717) is 6.10 Å². The predicted octanol–water partition coefficient (Wildman–Crippen LogP) is 0.458. The van der Waals surface area contributed by atoms with E-state index >= 15 is 0 Å². The molecular weight excluding hydrogens is 204 g/mol. The molecule has 1 saturated heterocycles. The van der Waals surface area contributed by atoms with Gasteiger partial charge in [0.1, 0.15) is 0 Å². The third kappa shape index (κ3) is 5.25. The lowest BCUT2D eigenvalue weighted by Crippen LogP contribution is -2.44. The largest absolute Gasteiger partial charge is 0.395 e. The first kappa shape index (κ1) is 13.9. The Morgan fingerprint density at radius 1 is 1.56 bits per heavy atom. The average Bonchev–Trinajstić information content (AvgIpc) is 2.29. The summed E-state index contributed by atoms with van der Waals surface area (Å²) in [5, 5.41) is 12.6. The number of morpholine rings is 1. The number of rotatable bonds is 7. The number of hydrogen-bond acceptors (Lipinski definition) is 4. The summed E-state index contributed by atoms with van der Waals surface area (Å²) < 4.78 is 5.50. The first-order chi connectivity index (χ1) is 7.76. The molecule has 0 radical (unpaired) electrons. The standard InChI is InChI=1S/C12H26N2O2/c1-3-5-13-12(10-15)4-6-14-7-8-16-11(2)9-14/h11-13,15H,3-10H2,1-2H3. The van der Waals surface area contributed by atoms with Crippen molar-refractivity contribution < 1.29 is 9.84 Å². The third-order valence-corrected chi connectivity index (χ3v) is 3.02. The molecule has 0 bridgehead atoms. The molecule has 4 nitrogen and oxygen atoms in total. The van der Waals surface area contributed by atoms with E-state index in [1.807, 2.05) is 0 Å². The quantitative estimate of drug-likeness (QED) is 0.667. The maximum Gasteiger partial charge on any atom is 0.0674 e. The number of hydrogen-bond donors (Lipinski definition) is 2. The molecule has 0 aromatic carbocycles. The lowest BCUT2D eigenvalue weighted by Gasteiger charge is -2.32. The highest BCUT2D eigenvalue weighted by Crippen LogP contribution is 2.05. The second-order valence-electron chi connectivity index (χ2n) is 4.60. The number of ether oxygens (including phenoxy) is 1. The van der Waals surface area contributed by atoms with E-state index in [1.165, 1.54) is 0 Å². The molecular formula is C12H26N2O2. The summed E-state index contributed by atoms with van der Waals surface area (Å²) in [5.74, 6) is 0. The minimum absolute atomic E-state index is 0.236. The van der Waals surface area contributed by atoms with Gasteiger partial charge in [-0.05, 0) is 32.9 Å². The first-order valence-electron chi connectivity index (χ1n) is 6.44. The van der Waals surface area contributed by atoms with Crippen molar-refractivity contribution in [2.45, 2.75) is 38.8 Å². The number of nitrogens with one attached hydrogen (secondary N) is 1. The first-order valence-corrected chi connectivity index (χ1v) is 6.44. The van der Waals surface area contributed by atoms with Crippen LogP contribution in [0.3, 0.4) is 0 Å². The smallest absolute Gasteiger partial charge is 0.0674 e. The Morgan fingerprint density at radius 3 is 3.00 bits per heavy atom. The van der Waals surface area contributed by atoms with Gasteiger partial charge in [-0.2, -0.15) is 0 Å². The van der Waals surface area contributed by atoms with Crippen LogP contribution in [0.1, 0.15) is 26.7 Å². The van der Waals surface area contributed by atoms with Gasteiger partial charge < -0.3 is 15.2 Å². The van der Waals surface area contributed by atoms with E-state index in [9.17, 15) is 5.11 Å². The summed E-state index contributed by atoms with van der Waals surface area (Å²) >= 11 is 0. The van der Waals surface area contributed by atoms with Crippen molar-refractivity contribution in [2.24, 2.45) is 0 Å². The highest BCUT2D eigenvalue weighted by molar-refractivity contribution is 4.72. The van der Waals surface area contributed by atoms with Gasteiger partial charge in [-0.3, -0.25) is 4.90 Å². The summed E-state index contributed by atoms with van der Waals surface area (Å²) in [5.41, 5.74) is 0. The molecule has 2 unspecified atom stereocenters. The van der Waals surface area contributed by atoms with Gasteiger partial charge in [-0.25, -0.2) is 0 Å². The third-order valence-electron chi connectivity index (χ3n) is 3.02. The van der Waals surface area contributed by atoms with Crippen molar-refractivity contribution >= 4 is 0 Å². The van der Waals surface area contributed by atoms with Gasteiger partial charge in [0.2, 0.25) is 0 Å². The number of nitrogens with zero attached hydrogens (tertiary/aromatic N) is 1. The van der Waals surface area contributed by atoms with Crippen LogP contribution < -0.4 is 5.32 Å². The van der Waals surface area contributed by atoms with Gasteiger partial charge >= 0.3 is 0 Å². The van der Waals surface area contributed by atoms with Gasteiger partial charge in [0.25, 0.3) is 0 Å². The lowest BCUT2D eigenvalue weighted by molar-refractivity contribution is -0.0196. The Kier molecular flexibility index (Phi) is 6.96. The van der Waals surface area contributed by atoms with Crippen molar-refractivity contribution in [3.63, 3.8) is 0 Å². The zero-order valence-corrected chi connectivity index (χ0v) is 10.6. The Balaban J connectivity index is 2.15. The molecule has 1 fully saturated rings. The Hall–Kier alpha value is -0.160. The van der Waals surface area contributed by atoms with E-state index < -0.39 is 0 Å². The second-order valence-corrected chi connectivity index (χ2v) is 4.60. The summed E-state index contributed by atoms with van der Waals surface area (Å²) in [4.78, 5) is 2.42. The zero-order valence-electron chi connectivity index (χ0n) is 10.6. The molecule has 0 aromatic rings. The van der Waals surface area contributed by atoms with Crippen LogP contribution in [0.5, 0.6) is 0 Å². The van der Waals surface area contributed by atoms with Gasteiger partial charge in [0.15, 0.2) is 0 Å². The minimum Gasteiger partial charge on any atom is -0.395 e. The van der Waals surface area contributed by atoms with E-state index in [2.05, 4.69) is 24.1 Å². The molecule has 1 aliphatic heterocycles. The molecule has 16 heavy (non-hydrogen) atoms. The van der Waals surface area contributed by atoms with Crippen LogP contribution in [0, 0.1) is 0 Å². The van der Waals surface area contributed by atoms with Crippen LogP contribution in [-0.2, 0) is 4.74 Å². The predicted molar refractivity (Wildman–Crippen MR) is 65.6 cm³/mol.